The molecule has 0 saturated heterocycles. The van der Waals surface area contributed by atoms with Gasteiger partial charge in [-0.25, -0.2) is 0 Å². The predicted octanol–water partition coefficient (Wildman–Crippen LogP) is 19.1. The summed E-state index contributed by atoms with van der Waals surface area (Å²) in [6.45, 7) is 24.1. The van der Waals surface area contributed by atoms with Gasteiger partial charge in [-0.2, -0.15) is 0 Å². The van der Waals surface area contributed by atoms with Gasteiger partial charge in [-0.3, -0.25) is 0 Å². The van der Waals surface area contributed by atoms with Crippen LogP contribution in [0.5, 0.6) is 0 Å². The second-order valence-corrected chi connectivity index (χ2v) is 40.8. The van der Waals surface area contributed by atoms with E-state index in [4.69, 9.17) is 0 Å². The first-order valence-electron chi connectivity index (χ1n) is 30.5. The highest BCUT2D eigenvalue weighted by molar-refractivity contribution is 7.90. The molecule has 0 aromatic heterocycles. The highest BCUT2D eigenvalue weighted by Gasteiger charge is 2.39. The Morgan fingerprint density at radius 2 is 0.562 bits per heavy atom. The number of rotatable bonds is 37. The fourth-order valence-corrected chi connectivity index (χ4v) is 35.1. The average Bonchev–Trinajstić information content (AvgIpc) is 3.43. The number of benzene rings is 5. The van der Waals surface area contributed by atoms with Crippen LogP contribution in [0.1, 0.15) is 183 Å². The van der Waals surface area contributed by atoms with Crippen molar-refractivity contribution in [2.24, 2.45) is 0 Å². The first kappa shape index (κ1) is 61.3. The van der Waals surface area contributed by atoms with Crippen LogP contribution in [-0.2, 0) is 0 Å². The molecule has 5 aromatic rings. The van der Waals surface area contributed by atoms with Crippen LogP contribution in [0.2, 0.25) is 54.4 Å². The molecule has 0 aliphatic carbocycles. The van der Waals surface area contributed by atoms with Gasteiger partial charge in [-0.05, 0) is 24.6 Å². The molecule has 0 aliphatic heterocycles. The Hall–Kier alpha value is -2.59. The Morgan fingerprint density at radius 3 is 0.836 bits per heavy atom. The topological polar surface area (TPSA) is 3.24 Å². The van der Waals surface area contributed by atoms with Gasteiger partial charge in [0, 0.05) is 26.9 Å². The van der Waals surface area contributed by atoms with E-state index in [-0.39, 0.29) is 0 Å². The molecule has 0 bridgehead atoms. The van der Waals surface area contributed by atoms with Crippen LogP contribution in [0.25, 0.3) is 0 Å². The van der Waals surface area contributed by atoms with E-state index >= 15 is 0 Å². The van der Waals surface area contributed by atoms with Crippen LogP contribution in [0.15, 0.2) is 127 Å². The number of hydrogen-bond acceptors (Lipinski definition) is 1. The molecule has 400 valence electrons. The summed E-state index contributed by atoms with van der Waals surface area (Å²) in [5.74, 6) is 0. The SMILES string of the molecule is CCCC[Si](CCCC)(CCCC)c1ccc(P(c2ccc([Si](CCCC)(CCCC)CCCC)cc2)N(c2ccccc2)P(c2ccc([Si](CCCC)(CCCC)CCCC)cc2)c2ccccc2C)cc1. The quantitative estimate of drug-likeness (QED) is 0.0283. The summed E-state index contributed by atoms with van der Waals surface area (Å²) in [5.41, 5.74) is 2.74. The Labute approximate surface area is 456 Å². The lowest BCUT2D eigenvalue weighted by Crippen LogP contribution is -2.48. The van der Waals surface area contributed by atoms with E-state index in [9.17, 15) is 0 Å². The summed E-state index contributed by atoms with van der Waals surface area (Å²) in [6.07, 6.45) is 23.9. The minimum Gasteiger partial charge on any atom is -0.313 e. The normalized spacial score (nSPS) is 12.7. The van der Waals surface area contributed by atoms with Crippen molar-refractivity contribution >= 4 is 82.8 Å². The molecular formula is C67H105NP2Si3. The van der Waals surface area contributed by atoms with Gasteiger partial charge in [0.05, 0.1) is 40.4 Å². The smallest absolute Gasteiger partial charge is 0.0867 e. The Morgan fingerprint density at radius 1 is 0.301 bits per heavy atom. The maximum Gasteiger partial charge on any atom is 0.0867 e. The third-order valence-electron chi connectivity index (χ3n) is 17.0. The molecule has 0 fully saturated rings. The molecule has 0 spiro atoms. The van der Waals surface area contributed by atoms with Crippen LogP contribution in [-0.4, -0.2) is 24.2 Å². The van der Waals surface area contributed by atoms with Crippen molar-refractivity contribution in [3.05, 3.63) is 133 Å². The van der Waals surface area contributed by atoms with Crippen molar-refractivity contribution < 1.29 is 0 Å². The van der Waals surface area contributed by atoms with Gasteiger partial charge >= 0.3 is 0 Å². The lowest BCUT2D eigenvalue weighted by molar-refractivity contribution is 0.800. The van der Waals surface area contributed by atoms with Crippen LogP contribution < -0.4 is 41.2 Å². The lowest BCUT2D eigenvalue weighted by atomic mass is 10.2. The van der Waals surface area contributed by atoms with Gasteiger partial charge in [0.2, 0.25) is 0 Å². The van der Waals surface area contributed by atoms with Crippen molar-refractivity contribution in [1.82, 2.24) is 0 Å². The van der Waals surface area contributed by atoms with Gasteiger partial charge in [0.25, 0.3) is 0 Å². The van der Waals surface area contributed by atoms with Crippen molar-refractivity contribution in [3.8, 4) is 0 Å². The fourth-order valence-electron chi connectivity index (χ4n) is 12.3. The van der Waals surface area contributed by atoms with Crippen molar-refractivity contribution in [3.63, 3.8) is 0 Å². The Balaban J connectivity index is 1.83. The first-order chi connectivity index (χ1) is 35.7. The van der Waals surface area contributed by atoms with E-state index in [0.29, 0.717) is 0 Å². The Kier molecular flexibility index (Phi) is 27.6. The second-order valence-electron chi connectivity index (χ2n) is 22.4. The third kappa shape index (κ3) is 16.7. The van der Waals surface area contributed by atoms with E-state index in [1.54, 1.807) is 15.6 Å². The van der Waals surface area contributed by atoms with Gasteiger partial charge in [-0.15, -0.1) is 0 Å². The lowest BCUT2D eigenvalue weighted by Gasteiger charge is -2.42. The fraction of sp³-hybridized carbons (Fsp3) is 0.552. The van der Waals surface area contributed by atoms with Crippen LogP contribution in [0.3, 0.4) is 0 Å². The monoisotopic (exact) mass is 1070 g/mol. The van der Waals surface area contributed by atoms with Crippen molar-refractivity contribution in [1.29, 1.82) is 0 Å². The van der Waals surface area contributed by atoms with Gasteiger partial charge < -0.3 is 4.44 Å². The minimum absolute atomic E-state index is 0.993. The largest absolute Gasteiger partial charge is 0.313 e. The molecule has 0 saturated carbocycles. The van der Waals surface area contributed by atoms with Crippen molar-refractivity contribution in [2.45, 2.75) is 239 Å². The van der Waals surface area contributed by atoms with Crippen LogP contribution >= 0.6 is 16.1 Å². The first-order valence-corrected chi connectivity index (χ1v) is 41.0. The van der Waals surface area contributed by atoms with E-state index in [0.717, 1.165) is 0 Å². The average molecular weight is 1070 g/mol. The Bertz CT molecular complexity index is 2090. The summed E-state index contributed by atoms with van der Waals surface area (Å²) in [4.78, 5) is 0. The van der Waals surface area contributed by atoms with E-state index in [2.05, 4.69) is 201 Å². The number of aryl methyl sites for hydroxylation is 1. The molecule has 1 nitrogen and oxygen atoms in total. The van der Waals surface area contributed by atoms with Gasteiger partial charge in [0.1, 0.15) is 0 Å². The molecule has 0 heterocycles. The molecule has 0 N–H and O–H groups in total. The minimum atomic E-state index is -1.70. The maximum absolute atomic E-state index is 2.99. The maximum atomic E-state index is 2.99. The summed E-state index contributed by atoms with van der Waals surface area (Å²) in [6, 6.07) is 66.0. The summed E-state index contributed by atoms with van der Waals surface area (Å²) >= 11 is 0. The molecule has 5 rings (SSSR count). The molecule has 0 aliphatic rings. The molecule has 6 heteroatoms. The van der Waals surface area contributed by atoms with E-state index in [1.165, 1.54) is 202 Å². The highest BCUT2D eigenvalue weighted by Crippen LogP contribution is 2.57. The molecule has 0 amide bonds. The van der Waals surface area contributed by atoms with Gasteiger partial charge in [0.15, 0.2) is 0 Å². The third-order valence-corrected chi connectivity index (χ3v) is 39.0. The molecule has 5 aromatic carbocycles. The number of para-hydroxylation sites is 1. The van der Waals surface area contributed by atoms with Crippen molar-refractivity contribution in [2.75, 3.05) is 4.44 Å². The van der Waals surface area contributed by atoms with E-state index in [1.807, 2.05) is 0 Å². The molecule has 73 heavy (non-hydrogen) atoms. The summed E-state index contributed by atoms with van der Waals surface area (Å²) < 4.78 is 2.99. The number of unbranched alkanes of at least 4 members (excludes halogenated alkanes) is 9. The molecule has 1 atom stereocenters. The van der Waals surface area contributed by atoms with Gasteiger partial charge in [-0.1, -0.05) is 363 Å². The molecular weight excluding hydrogens is 965 g/mol. The number of anilines is 1. The van der Waals surface area contributed by atoms with E-state index < -0.39 is 40.4 Å². The van der Waals surface area contributed by atoms with Crippen LogP contribution in [0.4, 0.5) is 5.69 Å². The summed E-state index contributed by atoms with van der Waals surface area (Å²) in [5, 5.41) is 11.1. The summed E-state index contributed by atoms with van der Waals surface area (Å²) in [7, 11) is -7.09. The number of nitrogens with zero attached hydrogens (tertiary/aromatic N) is 1. The standard InChI is InChI=1S/C67H105NP2Si3/c1-11-20-50-71(51-21-12-2,52-22-13-3)64-44-38-61(39-45-64)69(62-40-46-65(47-41-62)72(53-23-14-4,54-24-15-5)55-25-16-6)68(60-35-30-29-31-36-60)70(67-37-33-32-34-59(67)10)63-42-48-66(49-43-63)73(56-26-17-7,57-27-18-8)58-28-19-9/h29-49H,11-28,50-58H2,1-10H3. The zero-order chi connectivity index (χ0) is 52.4. The molecule has 1 unspecified atom stereocenters. The predicted molar refractivity (Wildman–Crippen MR) is 345 cm³/mol. The zero-order valence-electron chi connectivity index (χ0n) is 48.6. The van der Waals surface area contributed by atoms with Crippen LogP contribution in [0, 0.1) is 6.92 Å². The molecule has 0 radical (unpaired) electrons. The second kappa shape index (κ2) is 32.9. The zero-order valence-corrected chi connectivity index (χ0v) is 53.3. The highest BCUT2D eigenvalue weighted by atomic mass is 31.2. The number of hydrogen-bond donors (Lipinski definition) is 0.